The van der Waals surface area contributed by atoms with Crippen molar-refractivity contribution in [3.63, 3.8) is 0 Å². The van der Waals surface area contributed by atoms with Gasteiger partial charge in [0.25, 0.3) is 15.7 Å². The molecular weight excluding hydrogens is 521 g/mol. The van der Waals surface area contributed by atoms with Crippen LogP contribution in [-0.4, -0.2) is 33.2 Å². The Morgan fingerprint density at radius 2 is 1.59 bits per heavy atom. The molecular formula is C20H14ClF3N2O6S2. The second-order valence-electron chi connectivity index (χ2n) is 6.76. The van der Waals surface area contributed by atoms with Gasteiger partial charge in [-0.3, -0.25) is 4.79 Å². The quantitative estimate of drug-likeness (QED) is 0.368. The van der Waals surface area contributed by atoms with Gasteiger partial charge in [-0.1, -0.05) is 35.4 Å². The van der Waals surface area contributed by atoms with Gasteiger partial charge in [0.05, 0.1) is 10.6 Å². The van der Waals surface area contributed by atoms with Crippen molar-refractivity contribution in [1.82, 2.24) is 4.98 Å². The van der Waals surface area contributed by atoms with Crippen LogP contribution in [0.2, 0.25) is 5.15 Å². The number of rotatable bonds is 6. The van der Waals surface area contributed by atoms with Crippen LogP contribution in [0.15, 0.2) is 70.5 Å². The number of benzene rings is 2. The fourth-order valence-corrected chi connectivity index (χ4v) is 4.47. The molecule has 0 unspecified atom stereocenters. The minimum atomic E-state index is -5.82. The van der Waals surface area contributed by atoms with E-state index in [9.17, 15) is 34.8 Å². The summed E-state index contributed by atoms with van der Waals surface area (Å²) in [6.45, 7) is 1.72. The van der Waals surface area contributed by atoms with Crippen LogP contribution in [0, 0.1) is 6.92 Å². The Bertz CT molecular complexity index is 1460. The summed E-state index contributed by atoms with van der Waals surface area (Å²) in [5.41, 5.74) is -5.82. The van der Waals surface area contributed by atoms with Gasteiger partial charge < -0.3 is 9.50 Å². The van der Waals surface area contributed by atoms with Crippen LogP contribution in [0.25, 0.3) is 0 Å². The number of alkyl halides is 3. The minimum absolute atomic E-state index is 0.0699. The predicted molar refractivity (Wildman–Crippen MR) is 116 cm³/mol. The van der Waals surface area contributed by atoms with Gasteiger partial charge >= 0.3 is 15.6 Å². The average Bonchev–Trinajstić information content (AvgIpc) is 2.74. The van der Waals surface area contributed by atoms with E-state index in [1.54, 1.807) is 6.92 Å². The van der Waals surface area contributed by atoms with Crippen molar-refractivity contribution < 1.29 is 39.0 Å². The Hall–Kier alpha value is -3.16. The number of hydrogen-bond donors (Lipinski definition) is 1. The molecule has 0 bridgehead atoms. The molecule has 8 nitrogen and oxygen atoms in total. The molecule has 1 amide bonds. The van der Waals surface area contributed by atoms with Crippen molar-refractivity contribution in [3.8, 4) is 5.75 Å². The third kappa shape index (κ3) is 5.48. The first-order chi connectivity index (χ1) is 15.7. The first kappa shape index (κ1) is 25.5. The van der Waals surface area contributed by atoms with Crippen molar-refractivity contribution in [1.29, 1.82) is 0 Å². The number of amides is 1. The van der Waals surface area contributed by atoms with Crippen molar-refractivity contribution >= 4 is 43.2 Å². The van der Waals surface area contributed by atoms with E-state index in [2.05, 4.69) is 10.3 Å². The van der Waals surface area contributed by atoms with Crippen molar-refractivity contribution in [2.24, 2.45) is 0 Å². The molecule has 0 saturated heterocycles. The van der Waals surface area contributed by atoms with E-state index in [0.717, 1.165) is 5.56 Å². The number of nitrogens with zero attached hydrogens (tertiary/aromatic N) is 1. The second-order valence-corrected chi connectivity index (χ2v) is 10.6. The highest BCUT2D eigenvalue weighted by atomic mass is 35.5. The maximum atomic E-state index is 13.0. The van der Waals surface area contributed by atoms with E-state index in [1.165, 1.54) is 42.5 Å². The maximum Gasteiger partial charge on any atom is 0.501 e. The van der Waals surface area contributed by atoms with Gasteiger partial charge in [0.2, 0.25) is 0 Å². The monoisotopic (exact) mass is 534 g/mol. The zero-order valence-electron chi connectivity index (χ0n) is 17.0. The summed E-state index contributed by atoms with van der Waals surface area (Å²) in [6.07, 6.45) is 0. The molecule has 0 atom stereocenters. The lowest BCUT2D eigenvalue weighted by atomic mass is 10.2. The number of nitrogens with one attached hydrogen (secondary N) is 1. The summed E-state index contributed by atoms with van der Waals surface area (Å²) in [7, 11) is -10.3. The van der Waals surface area contributed by atoms with E-state index in [4.69, 9.17) is 15.8 Å². The smallest absolute Gasteiger partial charge is 0.377 e. The van der Waals surface area contributed by atoms with Gasteiger partial charge in [0, 0.05) is 0 Å². The summed E-state index contributed by atoms with van der Waals surface area (Å²) in [5.74, 6) is -1.64. The third-order valence-corrected chi connectivity index (χ3v) is 7.21. The molecule has 1 heterocycles. The standard InChI is InChI=1S/C20H14ClF3N2O6S2/c1-12-5-7-13(8-6-12)34(30,31)32-17-10-9-14(33(28,29)20(22,23)24)11-16(17)26-19(27)15-3-2-4-18(21)25-15/h2-11H,1H3,(H,26,27). The van der Waals surface area contributed by atoms with Gasteiger partial charge in [-0.05, 0) is 49.4 Å². The van der Waals surface area contributed by atoms with Crippen LogP contribution in [0.3, 0.4) is 0 Å². The predicted octanol–water partition coefficient (Wildman–Crippen LogP) is 4.36. The zero-order chi connectivity index (χ0) is 25.3. The molecule has 0 radical (unpaired) electrons. The number of anilines is 1. The summed E-state index contributed by atoms with van der Waals surface area (Å²) >= 11 is 5.73. The molecule has 3 aromatic rings. The molecule has 0 aliphatic rings. The number of halogens is 4. The Labute approximate surface area is 197 Å². The van der Waals surface area contributed by atoms with Gasteiger partial charge in [-0.2, -0.15) is 21.6 Å². The summed E-state index contributed by atoms with van der Waals surface area (Å²) in [5, 5.41) is 2.05. The Kier molecular flexibility index (Phi) is 6.92. The Balaban J connectivity index is 2.08. The van der Waals surface area contributed by atoms with Gasteiger partial charge in [0.15, 0.2) is 5.75 Å². The third-order valence-electron chi connectivity index (χ3n) is 4.27. The van der Waals surface area contributed by atoms with Crippen LogP contribution in [0.4, 0.5) is 18.9 Å². The Morgan fingerprint density at radius 1 is 0.971 bits per heavy atom. The fraction of sp³-hybridized carbons (Fsp3) is 0.100. The van der Waals surface area contributed by atoms with Crippen molar-refractivity contribution in [2.75, 3.05) is 5.32 Å². The highest BCUT2D eigenvalue weighted by Crippen LogP contribution is 2.36. The largest absolute Gasteiger partial charge is 0.501 e. The minimum Gasteiger partial charge on any atom is -0.377 e. The molecule has 0 aliphatic carbocycles. The lowest BCUT2D eigenvalue weighted by Crippen LogP contribution is -2.24. The van der Waals surface area contributed by atoms with Crippen molar-refractivity contribution in [2.45, 2.75) is 22.2 Å². The van der Waals surface area contributed by atoms with E-state index in [1.807, 2.05) is 0 Å². The normalized spacial score (nSPS) is 12.3. The molecule has 1 aromatic heterocycles. The molecule has 0 fully saturated rings. The summed E-state index contributed by atoms with van der Waals surface area (Å²) in [4.78, 5) is 14.8. The van der Waals surface area contributed by atoms with Crippen LogP contribution < -0.4 is 9.50 Å². The first-order valence-corrected chi connectivity index (χ1v) is 12.4. The molecule has 34 heavy (non-hydrogen) atoms. The fourth-order valence-electron chi connectivity index (χ4n) is 2.57. The number of sulfone groups is 1. The second kappa shape index (κ2) is 9.24. The van der Waals surface area contributed by atoms with E-state index >= 15 is 0 Å². The molecule has 14 heteroatoms. The number of aromatic nitrogens is 1. The SMILES string of the molecule is Cc1ccc(S(=O)(=O)Oc2ccc(S(=O)(=O)C(F)(F)F)cc2NC(=O)c2cccc(Cl)n2)cc1. The molecule has 0 aliphatic heterocycles. The van der Waals surface area contributed by atoms with Gasteiger partial charge in [0.1, 0.15) is 15.7 Å². The van der Waals surface area contributed by atoms with Crippen LogP contribution >= 0.6 is 11.6 Å². The topological polar surface area (TPSA) is 120 Å². The van der Waals surface area contributed by atoms with Gasteiger partial charge in [-0.15, -0.1) is 0 Å². The summed E-state index contributed by atoms with van der Waals surface area (Å²) in [6, 6.07) is 11.0. The van der Waals surface area contributed by atoms with Crippen LogP contribution in [0.5, 0.6) is 5.75 Å². The number of pyridine rings is 1. The molecule has 0 spiro atoms. The van der Waals surface area contributed by atoms with Gasteiger partial charge in [-0.25, -0.2) is 13.4 Å². The molecule has 3 rings (SSSR count). The lowest BCUT2D eigenvalue weighted by molar-refractivity contribution is -0.0436. The molecule has 1 N–H and O–H groups in total. The first-order valence-electron chi connectivity index (χ1n) is 9.11. The van der Waals surface area contributed by atoms with Crippen LogP contribution in [-0.2, 0) is 20.0 Å². The number of hydrogen-bond acceptors (Lipinski definition) is 7. The molecule has 0 saturated carbocycles. The Morgan fingerprint density at radius 3 is 2.18 bits per heavy atom. The van der Waals surface area contributed by atoms with Crippen LogP contribution in [0.1, 0.15) is 16.1 Å². The average molecular weight is 535 g/mol. The lowest BCUT2D eigenvalue weighted by Gasteiger charge is -2.15. The maximum absolute atomic E-state index is 13.0. The highest BCUT2D eigenvalue weighted by Gasteiger charge is 2.47. The molecule has 180 valence electrons. The van der Waals surface area contributed by atoms with E-state index in [-0.39, 0.29) is 15.7 Å². The number of aryl methyl sites for hydroxylation is 1. The molecule has 2 aromatic carbocycles. The van der Waals surface area contributed by atoms with E-state index < -0.39 is 47.7 Å². The summed E-state index contributed by atoms with van der Waals surface area (Å²) < 4.78 is 93.0. The number of carbonyl (C=O) groups excluding carboxylic acids is 1. The zero-order valence-corrected chi connectivity index (χ0v) is 19.4. The number of carbonyl (C=O) groups is 1. The van der Waals surface area contributed by atoms with E-state index in [0.29, 0.717) is 18.2 Å². The highest BCUT2D eigenvalue weighted by molar-refractivity contribution is 7.92. The van der Waals surface area contributed by atoms with Crippen molar-refractivity contribution in [3.05, 3.63) is 77.1 Å².